The van der Waals surface area contributed by atoms with Crippen molar-refractivity contribution in [2.45, 2.75) is 31.4 Å². The molecule has 0 radical (unpaired) electrons. The minimum atomic E-state index is -0.258. The minimum Gasteiger partial charge on any atom is -0.360 e. The number of nitrogens with one attached hydrogen (secondary N) is 2. The largest absolute Gasteiger partial charge is 0.360 e. The third-order valence-corrected chi connectivity index (χ3v) is 8.75. The Morgan fingerprint density at radius 3 is 3.03 bits per heavy atom. The van der Waals surface area contributed by atoms with Gasteiger partial charge in [0.2, 0.25) is 5.91 Å². The number of halogens is 1. The van der Waals surface area contributed by atoms with E-state index in [-0.39, 0.29) is 17.3 Å². The highest BCUT2D eigenvalue weighted by atomic mass is 32.2. The molecule has 0 saturated carbocycles. The molecule has 1 aliphatic heterocycles. The molecule has 2 aliphatic rings. The van der Waals surface area contributed by atoms with Crippen LogP contribution in [0.1, 0.15) is 34.7 Å². The number of benzene rings is 1. The number of H-pyrrole nitrogens is 2. The van der Waals surface area contributed by atoms with Gasteiger partial charge in [-0.2, -0.15) is 0 Å². The minimum absolute atomic E-state index is 0.0555. The Balaban J connectivity index is 1.07. The summed E-state index contributed by atoms with van der Waals surface area (Å²) in [7, 11) is 0. The second-order valence-corrected chi connectivity index (χ2v) is 10.8. The van der Waals surface area contributed by atoms with Gasteiger partial charge in [0, 0.05) is 40.6 Å². The second kappa shape index (κ2) is 8.70. The molecular formula is C25H23FN4O2S2. The third kappa shape index (κ3) is 3.86. The van der Waals surface area contributed by atoms with Crippen LogP contribution in [0, 0.1) is 5.82 Å². The summed E-state index contributed by atoms with van der Waals surface area (Å²) in [6, 6.07) is 4.77. The van der Waals surface area contributed by atoms with Gasteiger partial charge in [-0.05, 0) is 55.0 Å². The standard InChI is InChI=1S/C25H23FN4O2S2/c26-15-4-5-16-18(11-27-19(16)10-15)14-6-8-30(9-7-14)22(31)13-33-12-21-28-24(32)23-17-2-1-3-20(17)34-25(23)29-21/h4-6,10-11,27H,1-3,7-9,12-13H2,(H,28,29,32). The number of fused-ring (bicyclic) bond motifs is 4. The molecule has 0 unspecified atom stereocenters. The lowest BCUT2D eigenvalue weighted by Crippen LogP contribution is -2.35. The number of thiophene rings is 1. The van der Waals surface area contributed by atoms with E-state index in [1.165, 1.54) is 39.9 Å². The van der Waals surface area contributed by atoms with Gasteiger partial charge in [-0.25, -0.2) is 9.37 Å². The van der Waals surface area contributed by atoms with Gasteiger partial charge in [-0.3, -0.25) is 9.59 Å². The van der Waals surface area contributed by atoms with E-state index in [1.54, 1.807) is 17.4 Å². The molecule has 6 nitrogen and oxygen atoms in total. The number of aromatic nitrogens is 3. The van der Waals surface area contributed by atoms with Crippen LogP contribution < -0.4 is 5.56 Å². The van der Waals surface area contributed by atoms with Gasteiger partial charge < -0.3 is 14.9 Å². The van der Waals surface area contributed by atoms with Crippen molar-refractivity contribution in [3.05, 3.63) is 68.5 Å². The topological polar surface area (TPSA) is 81.8 Å². The predicted molar refractivity (Wildman–Crippen MR) is 136 cm³/mol. The number of carbonyl (C=O) groups excluding carboxylic acids is 1. The maximum atomic E-state index is 13.5. The molecule has 0 spiro atoms. The molecule has 6 rings (SSSR count). The summed E-state index contributed by atoms with van der Waals surface area (Å²) in [5.74, 6) is 1.30. The molecule has 3 aromatic heterocycles. The summed E-state index contributed by atoms with van der Waals surface area (Å²) in [6.07, 6.45) is 7.88. The Morgan fingerprint density at radius 2 is 2.18 bits per heavy atom. The van der Waals surface area contributed by atoms with E-state index in [9.17, 15) is 14.0 Å². The predicted octanol–water partition coefficient (Wildman–Crippen LogP) is 4.64. The smallest absolute Gasteiger partial charge is 0.259 e. The first kappa shape index (κ1) is 21.6. The van der Waals surface area contributed by atoms with Gasteiger partial charge in [-0.1, -0.05) is 6.08 Å². The third-order valence-electron chi connectivity index (χ3n) is 6.64. The van der Waals surface area contributed by atoms with Crippen LogP contribution >= 0.6 is 23.1 Å². The van der Waals surface area contributed by atoms with E-state index < -0.39 is 0 Å². The Bertz CT molecular complexity index is 1520. The summed E-state index contributed by atoms with van der Waals surface area (Å²) in [5.41, 5.74) is 4.15. The summed E-state index contributed by atoms with van der Waals surface area (Å²) in [6.45, 7) is 1.21. The van der Waals surface area contributed by atoms with Crippen LogP contribution in [0.4, 0.5) is 4.39 Å². The lowest BCUT2D eigenvalue weighted by atomic mass is 9.99. The highest BCUT2D eigenvalue weighted by molar-refractivity contribution is 7.99. The van der Waals surface area contributed by atoms with Crippen LogP contribution in [0.2, 0.25) is 0 Å². The SMILES string of the molecule is O=C(CSCc1nc2sc3c(c2c(=O)[nH]1)CCC3)N1CC=C(c2c[nH]c3cc(F)ccc23)CC1. The van der Waals surface area contributed by atoms with Crippen molar-refractivity contribution in [1.29, 1.82) is 0 Å². The Labute approximate surface area is 203 Å². The van der Waals surface area contributed by atoms with Gasteiger partial charge in [0.15, 0.2) is 0 Å². The number of hydrogen-bond donors (Lipinski definition) is 2. The summed E-state index contributed by atoms with van der Waals surface area (Å²) in [5, 5.41) is 1.76. The Hall–Kier alpha value is -2.91. The zero-order chi connectivity index (χ0) is 23.2. The molecule has 1 aliphatic carbocycles. The van der Waals surface area contributed by atoms with E-state index in [1.807, 2.05) is 11.1 Å². The second-order valence-electron chi connectivity index (χ2n) is 8.75. The monoisotopic (exact) mass is 494 g/mol. The van der Waals surface area contributed by atoms with Crippen molar-refractivity contribution in [1.82, 2.24) is 19.9 Å². The van der Waals surface area contributed by atoms with Crippen LogP contribution in [-0.2, 0) is 23.4 Å². The van der Waals surface area contributed by atoms with Crippen molar-refractivity contribution in [3.8, 4) is 0 Å². The van der Waals surface area contributed by atoms with Crippen LogP contribution in [0.25, 0.3) is 26.7 Å². The molecule has 4 aromatic rings. The molecule has 1 aromatic carbocycles. The summed E-state index contributed by atoms with van der Waals surface area (Å²) < 4.78 is 13.5. The molecule has 174 valence electrons. The van der Waals surface area contributed by atoms with Gasteiger partial charge in [0.25, 0.3) is 5.56 Å². The highest BCUT2D eigenvalue weighted by Gasteiger charge is 2.22. The van der Waals surface area contributed by atoms with Crippen molar-refractivity contribution in [2.24, 2.45) is 0 Å². The van der Waals surface area contributed by atoms with Crippen LogP contribution in [0.15, 0.2) is 35.3 Å². The fraction of sp³-hybridized carbons (Fsp3) is 0.320. The zero-order valence-electron chi connectivity index (χ0n) is 18.4. The van der Waals surface area contributed by atoms with E-state index in [0.29, 0.717) is 30.4 Å². The highest BCUT2D eigenvalue weighted by Crippen LogP contribution is 2.34. The van der Waals surface area contributed by atoms with Crippen molar-refractivity contribution in [2.75, 3.05) is 18.8 Å². The summed E-state index contributed by atoms with van der Waals surface area (Å²) >= 11 is 3.11. The van der Waals surface area contributed by atoms with Gasteiger partial charge >= 0.3 is 0 Å². The Kier molecular flexibility index (Phi) is 5.53. The average Bonchev–Trinajstić information content (AvgIpc) is 3.53. The van der Waals surface area contributed by atoms with E-state index in [0.717, 1.165) is 52.4 Å². The average molecular weight is 495 g/mol. The fourth-order valence-corrected chi connectivity index (χ4v) is 7.02. The van der Waals surface area contributed by atoms with Crippen molar-refractivity contribution in [3.63, 3.8) is 0 Å². The van der Waals surface area contributed by atoms with Gasteiger partial charge in [-0.15, -0.1) is 23.1 Å². The van der Waals surface area contributed by atoms with Crippen molar-refractivity contribution >= 4 is 55.7 Å². The zero-order valence-corrected chi connectivity index (χ0v) is 20.1. The summed E-state index contributed by atoms with van der Waals surface area (Å²) in [4.78, 5) is 40.0. The first-order valence-corrected chi connectivity index (χ1v) is 13.4. The lowest BCUT2D eigenvalue weighted by molar-refractivity contribution is -0.127. The van der Waals surface area contributed by atoms with E-state index >= 15 is 0 Å². The number of nitrogens with zero attached hydrogens (tertiary/aromatic N) is 2. The number of carbonyl (C=O) groups is 1. The Morgan fingerprint density at radius 1 is 1.26 bits per heavy atom. The molecule has 1 amide bonds. The number of thioether (sulfide) groups is 1. The number of hydrogen-bond acceptors (Lipinski definition) is 5. The van der Waals surface area contributed by atoms with Crippen LogP contribution in [0.3, 0.4) is 0 Å². The maximum Gasteiger partial charge on any atom is 0.259 e. The molecule has 0 fully saturated rings. The van der Waals surface area contributed by atoms with Crippen LogP contribution in [0.5, 0.6) is 0 Å². The molecule has 0 atom stereocenters. The molecule has 34 heavy (non-hydrogen) atoms. The number of amides is 1. The van der Waals surface area contributed by atoms with Gasteiger partial charge in [0.05, 0.1) is 16.9 Å². The van der Waals surface area contributed by atoms with Crippen LogP contribution in [-0.4, -0.2) is 44.6 Å². The number of rotatable bonds is 5. The first-order valence-electron chi connectivity index (χ1n) is 11.4. The van der Waals surface area contributed by atoms with Crippen molar-refractivity contribution < 1.29 is 9.18 Å². The first-order chi connectivity index (χ1) is 16.6. The molecular weight excluding hydrogens is 471 g/mol. The molecule has 0 bridgehead atoms. The normalized spacial score (nSPS) is 15.8. The molecule has 2 N–H and O–H groups in total. The number of aryl methyl sites for hydroxylation is 2. The molecule has 4 heterocycles. The number of aromatic amines is 2. The quantitative estimate of drug-likeness (QED) is 0.423. The fourth-order valence-electron chi connectivity index (χ4n) is 4.95. The van der Waals surface area contributed by atoms with Gasteiger partial charge in [0.1, 0.15) is 16.5 Å². The van der Waals surface area contributed by atoms with E-state index in [2.05, 4.69) is 21.0 Å². The van der Waals surface area contributed by atoms with E-state index in [4.69, 9.17) is 0 Å². The molecule has 0 saturated heterocycles. The lowest BCUT2D eigenvalue weighted by Gasteiger charge is -2.26. The maximum absolute atomic E-state index is 13.5. The molecule has 9 heteroatoms.